The van der Waals surface area contributed by atoms with Crippen LogP contribution in [0.4, 0.5) is 5.82 Å². The van der Waals surface area contributed by atoms with E-state index >= 15 is 0 Å². The van der Waals surface area contributed by atoms with Gasteiger partial charge in [-0.3, -0.25) is 9.78 Å². The molecule has 1 unspecified atom stereocenters. The van der Waals surface area contributed by atoms with E-state index in [0.29, 0.717) is 12.5 Å². The lowest BCUT2D eigenvalue weighted by Gasteiger charge is -2.27. The van der Waals surface area contributed by atoms with Crippen molar-refractivity contribution >= 4 is 16.7 Å². The van der Waals surface area contributed by atoms with Gasteiger partial charge in [-0.15, -0.1) is 0 Å². The van der Waals surface area contributed by atoms with Crippen LogP contribution in [-0.4, -0.2) is 37.3 Å². The Morgan fingerprint density at radius 1 is 1.15 bits per heavy atom. The monoisotopic (exact) mass is 362 g/mol. The zero-order chi connectivity index (χ0) is 18.4. The number of aromatic nitrogens is 5. The first-order valence-corrected chi connectivity index (χ1v) is 9.62. The van der Waals surface area contributed by atoms with Crippen molar-refractivity contribution in [1.29, 1.82) is 0 Å². The highest BCUT2D eigenvalue weighted by atomic mass is 16.1. The SMILES string of the molecule is Cc1nc(N2CCCC2Cn2nc(C3CC3)ccc2=O)c2ccncc2n1. The fraction of sp³-hybridized carbons (Fsp3) is 0.450. The van der Waals surface area contributed by atoms with Crippen LogP contribution in [0, 0.1) is 6.92 Å². The summed E-state index contributed by atoms with van der Waals surface area (Å²) >= 11 is 0. The van der Waals surface area contributed by atoms with Crippen LogP contribution in [0.25, 0.3) is 10.9 Å². The first-order chi connectivity index (χ1) is 13.2. The van der Waals surface area contributed by atoms with E-state index in [-0.39, 0.29) is 11.6 Å². The van der Waals surface area contributed by atoms with Crippen molar-refractivity contribution in [3.63, 3.8) is 0 Å². The molecule has 27 heavy (non-hydrogen) atoms. The first kappa shape index (κ1) is 16.4. The van der Waals surface area contributed by atoms with Crippen molar-refractivity contribution in [3.05, 3.63) is 52.5 Å². The molecule has 7 heteroatoms. The molecule has 2 aliphatic rings. The zero-order valence-corrected chi connectivity index (χ0v) is 15.4. The zero-order valence-electron chi connectivity index (χ0n) is 15.4. The quantitative estimate of drug-likeness (QED) is 0.709. The lowest BCUT2D eigenvalue weighted by atomic mass is 10.2. The molecule has 3 aromatic heterocycles. The van der Waals surface area contributed by atoms with Crippen LogP contribution < -0.4 is 10.5 Å². The van der Waals surface area contributed by atoms with Crippen molar-refractivity contribution in [2.45, 2.75) is 51.1 Å². The maximum atomic E-state index is 12.4. The van der Waals surface area contributed by atoms with Gasteiger partial charge >= 0.3 is 0 Å². The minimum Gasteiger partial charge on any atom is -0.351 e. The third-order valence-electron chi connectivity index (χ3n) is 5.51. The van der Waals surface area contributed by atoms with Gasteiger partial charge in [-0.05, 0) is 44.7 Å². The molecular formula is C20H22N6O. The first-order valence-electron chi connectivity index (χ1n) is 9.62. The van der Waals surface area contributed by atoms with Gasteiger partial charge < -0.3 is 4.90 Å². The Balaban J connectivity index is 1.50. The van der Waals surface area contributed by atoms with E-state index in [4.69, 9.17) is 4.98 Å². The van der Waals surface area contributed by atoms with Crippen LogP contribution >= 0.6 is 0 Å². The number of hydrogen-bond acceptors (Lipinski definition) is 6. The predicted octanol–water partition coefficient (Wildman–Crippen LogP) is 2.44. The highest BCUT2D eigenvalue weighted by Gasteiger charge is 2.30. The summed E-state index contributed by atoms with van der Waals surface area (Å²) in [6.07, 6.45) is 8.03. The molecule has 4 heterocycles. The van der Waals surface area contributed by atoms with Crippen molar-refractivity contribution in [2.24, 2.45) is 0 Å². The van der Waals surface area contributed by atoms with E-state index in [1.807, 2.05) is 19.1 Å². The second kappa shape index (κ2) is 6.40. The van der Waals surface area contributed by atoms with Crippen LogP contribution in [0.1, 0.15) is 43.1 Å². The Morgan fingerprint density at radius 2 is 2.04 bits per heavy atom. The summed E-state index contributed by atoms with van der Waals surface area (Å²) in [7, 11) is 0. The molecule has 3 aromatic rings. The molecule has 1 saturated heterocycles. The molecule has 7 nitrogen and oxygen atoms in total. The fourth-order valence-corrected chi connectivity index (χ4v) is 3.99. The van der Waals surface area contributed by atoms with Gasteiger partial charge in [-0.1, -0.05) is 0 Å². The van der Waals surface area contributed by atoms with Gasteiger partial charge in [0, 0.05) is 30.1 Å². The van der Waals surface area contributed by atoms with Gasteiger partial charge in [0.15, 0.2) is 0 Å². The number of aryl methyl sites for hydroxylation is 1. The molecule has 1 aliphatic carbocycles. The van der Waals surface area contributed by atoms with Gasteiger partial charge in [0.05, 0.1) is 30.0 Å². The summed E-state index contributed by atoms with van der Waals surface area (Å²) in [5, 5.41) is 5.65. The Morgan fingerprint density at radius 3 is 2.89 bits per heavy atom. The number of nitrogens with zero attached hydrogens (tertiary/aromatic N) is 6. The summed E-state index contributed by atoms with van der Waals surface area (Å²) in [4.78, 5) is 28.1. The number of hydrogen-bond donors (Lipinski definition) is 0. The van der Waals surface area contributed by atoms with Gasteiger partial charge in [0.2, 0.25) is 0 Å². The van der Waals surface area contributed by atoms with Crippen LogP contribution in [0.15, 0.2) is 35.4 Å². The largest absolute Gasteiger partial charge is 0.351 e. The lowest BCUT2D eigenvalue weighted by molar-refractivity contribution is 0.481. The number of pyridine rings is 1. The van der Waals surface area contributed by atoms with Gasteiger partial charge in [-0.2, -0.15) is 5.10 Å². The second-order valence-corrected chi connectivity index (χ2v) is 7.53. The third-order valence-corrected chi connectivity index (χ3v) is 5.51. The average molecular weight is 362 g/mol. The predicted molar refractivity (Wildman–Crippen MR) is 103 cm³/mol. The molecular weight excluding hydrogens is 340 g/mol. The molecule has 1 atom stereocenters. The van der Waals surface area contributed by atoms with E-state index in [1.54, 1.807) is 23.1 Å². The smallest absolute Gasteiger partial charge is 0.266 e. The maximum absolute atomic E-state index is 12.4. The molecule has 5 rings (SSSR count). The average Bonchev–Trinajstić information content (AvgIpc) is 3.42. The summed E-state index contributed by atoms with van der Waals surface area (Å²) in [5.41, 5.74) is 1.88. The summed E-state index contributed by atoms with van der Waals surface area (Å²) in [6, 6.07) is 5.72. The molecule has 0 spiro atoms. The van der Waals surface area contributed by atoms with E-state index in [2.05, 4.69) is 20.0 Å². The molecule has 0 N–H and O–H groups in total. The van der Waals surface area contributed by atoms with Crippen LogP contribution in [-0.2, 0) is 6.54 Å². The van der Waals surface area contributed by atoms with Gasteiger partial charge in [0.25, 0.3) is 5.56 Å². The van der Waals surface area contributed by atoms with Crippen molar-refractivity contribution in [1.82, 2.24) is 24.7 Å². The van der Waals surface area contributed by atoms with Gasteiger partial charge in [-0.25, -0.2) is 14.6 Å². The molecule has 1 aliphatic heterocycles. The maximum Gasteiger partial charge on any atom is 0.266 e. The standard InChI is InChI=1S/C20H22N6O/c1-13-22-18-11-21-9-8-16(18)20(23-13)25-10-2-3-15(25)12-26-19(27)7-6-17(24-26)14-4-5-14/h6-9,11,14-15H,2-5,10,12H2,1H3. The Kier molecular flexibility index (Phi) is 3.88. The fourth-order valence-electron chi connectivity index (χ4n) is 3.99. The summed E-state index contributed by atoms with van der Waals surface area (Å²) in [6.45, 7) is 3.43. The van der Waals surface area contributed by atoms with Crippen molar-refractivity contribution in [3.8, 4) is 0 Å². The van der Waals surface area contributed by atoms with Crippen molar-refractivity contribution < 1.29 is 0 Å². The molecule has 0 aromatic carbocycles. The second-order valence-electron chi connectivity index (χ2n) is 7.53. The lowest BCUT2D eigenvalue weighted by Crippen LogP contribution is -2.38. The van der Waals surface area contributed by atoms with Crippen molar-refractivity contribution in [2.75, 3.05) is 11.4 Å². The minimum absolute atomic E-state index is 0.0285. The highest BCUT2D eigenvalue weighted by Crippen LogP contribution is 2.38. The Bertz CT molecular complexity index is 1060. The topological polar surface area (TPSA) is 76.8 Å². The highest BCUT2D eigenvalue weighted by molar-refractivity contribution is 5.89. The normalized spacial score (nSPS) is 19.7. The van der Waals surface area contributed by atoms with E-state index in [0.717, 1.165) is 47.6 Å². The van der Waals surface area contributed by atoms with E-state index in [9.17, 15) is 4.79 Å². The molecule has 0 bridgehead atoms. The Labute approximate surface area is 157 Å². The molecule has 2 fully saturated rings. The number of anilines is 1. The van der Waals surface area contributed by atoms with Crippen LogP contribution in [0.2, 0.25) is 0 Å². The molecule has 138 valence electrons. The van der Waals surface area contributed by atoms with Crippen LogP contribution in [0.3, 0.4) is 0 Å². The van der Waals surface area contributed by atoms with Gasteiger partial charge in [0.1, 0.15) is 11.6 Å². The Hall–Kier alpha value is -2.83. The van der Waals surface area contributed by atoms with E-state index < -0.39 is 0 Å². The minimum atomic E-state index is -0.0285. The van der Waals surface area contributed by atoms with E-state index in [1.165, 1.54) is 12.8 Å². The molecule has 0 amide bonds. The van der Waals surface area contributed by atoms with Crippen LogP contribution in [0.5, 0.6) is 0 Å². The number of rotatable bonds is 4. The summed E-state index contributed by atoms with van der Waals surface area (Å²) in [5.74, 6) is 2.22. The molecule has 0 radical (unpaired) electrons. The third kappa shape index (κ3) is 3.07. The molecule has 1 saturated carbocycles. The number of fused-ring (bicyclic) bond motifs is 1. The summed E-state index contributed by atoms with van der Waals surface area (Å²) < 4.78 is 1.65.